The van der Waals surface area contributed by atoms with Gasteiger partial charge < -0.3 is 20.6 Å². The highest BCUT2D eigenvalue weighted by Gasteiger charge is 2.34. The highest BCUT2D eigenvalue weighted by atomic mass is 16.3. The smallest absolute Gasteiger partial charge is 0.289 e. The van der Waals surface area contributed by atoms with Gasteiger partial charge in [0, 0.05) is 19.1 Å². The fraction of sp³-hybridized carbons (Fsp3) is 0.500. The third kappa shape index (κ3) is 4.07. The van der Waals surface area contributed by atoms with Gasteiger partial charge in [-0.25, -0.2) is 0 Å². The number of likely N-dealkylation sites (N-methyl/N-ethyl adjacent to an activating group) is 1. The maximum Gasteiger partial charge on any atom is 0.289 e. The molecule has 3 rings (SSSR count). The van der Waals surface area contributed by atoms with Crippen molar-refractivity contribution in [3.8, 4) is 0 Å². The molecule has 2 amide bonds. The molecule has 1 fully saturated rings. The van der Waals surface area contributed by atoms with Crippen LogP contribution in [-0.4, -0.2) is 54.5 Å². The van der Waals surface area contributed by atoms with Crippen LogP contribution in [0.5, 0.6) is 0 Å². The van der Waals surface area contributed by atoms with E-state index >= 15 is 0 Å². The summed E-state index contributed by atoms with van der Waals surface area (Å²) in [6.45, 7) is 1.27. The molecule has 0 bridgehead atoms. The minimum Gasteiger partial charge on any atom is -0.503 e. The molecule has 1 saturated carbocycles. The van der Waals surface area contributed by atoms with E-state index in [0.717, 1.165) is 25.7 Å². The van der Waals surface area contributed by atoms with Crippen LogP contribution in [0.2, 0.25) is 0 Å². The van der Waals surface area contributed by atoms with Crippen LogP contribution in [0, 0.1) is 0 Å². The minimum absolute atomic E-state index is 0.101. The number of aliphatic hydroxyl groups excluding tert-OH is 1. The molecule has 0 unspecified atom stereocenters. The van der Waals surface area contributed by atoms with Crippen molar-refractivity contribution in [2.75, 3.05) is 26.7 Å². The van der Waals surface area contributed by atoms with Crippen molar-refractivity contribution in [2.45, 2.75) is 37.6 Å². The van der Waals surface area contributed by atoms with Gasteiger partial charge in [-0.15, -0.1) is 0 Å². The topological polar surface area (TPSA) is 81.7 Å². The second-order valence-corrected chi connectivity index (χ2v) is 7.09. The molecule has 1 aliphatic heterocycles. The summed E-state index contributed by atoms with van der Waals surface area (Å²) in [5.74, 6) is -0.636. The number of rotatable bonds is 6. The Morgan fingerprint density at radius 1 is 1.19 bits per heavy atom. The fourth-order valence-electron chi connectivity index (χ4n) is 3.79. The minimum atomic E-state index is -0.460. The number of amides is 2. The number of carbonyl (C=O) groups excluding carboxylic acids is 2. The summed E-state index contributed by atoms with van der Waals surface area (Å²) < 4.78 is 0. The molecule has 1 aliphatic carbocycles. The van der Waals surface area contributed by atoms with Gasteiger partial charge in [0.05, 0.1) is 12.1 Å². The van der Waals surface area contributed by atoms with E-state index in [0.29, 0.717) is 19.0 Å². The molecule has 6 heteroatoms. The molecule has 1 heterocycles. The van der Waals surface area contributed by atoms with Crippen molar-refractivity contribution in [3.05, 3.63) is 47.2 Å². The Labute approximate surface area is 154 Å². The number of hydrogen-bond donors (Lipinski definition) is 3. The first-order valence-corrected chi connectivity index (χ1v) is 9.32. The van der Waals surface area contributed by atoms with Crippen LogP contribution in [0.4, 0.5) is 0 Å². The van der Waals surface area contributed by atoms with Crippen molar-refractivity contribution in [1.29, 1.82) is 0 Å². The Kier molecular flexibility index (Phi) is 5.93. The Balaban J connectivity index is 1.52. The first-order valence-electron chi connectivity index (χ1n) is 9.32. The summed E-state index contributed by atoms with van der Waals surface area (Å²) in [6, 6.07) is 10.6. The monoisotopic (exact) mass is 357 g/mol. The van der Waals surface area contributed by atoms with E-state index in [1.165, 1.54) is 10.5 Å². The van der Waals surface area contributed by atoms with Crippen LogP contribution >= 0.6 is 0 Å². The molecule has 0 spiro atoms. The zero-order valence-electron chi connectivity index (χ0n) is 15.2. The number of benzene rings is 1. The molecule has 3 N–H and O–H groups in total. The standard InChI is InChI=1S/C20H27N3O3/c1-21-11-12-23-13-17(18(24)20(23)26)19(25)22-16-9-7-15(8-10-16)14-5-3-2-4-6-14/h2-6,15-16,21,24H,7-13H2,1H3,(H,22,25)/t15-,16+. The Hall–Kier alpha value is -2.34. The number of aliphatic hydroxyl groups is 1. The van der Waals surface area contributed by atoms with Gasteiger partial charge in [0.15, 0.2) is 5.76 Å². The Morgan fingerprint density at radius 3 is 2.54 bits per heavy atom. The highest BCUT2D eigenvalue weighted by Crippen LogP contribution is 2.32. The largest absolute Gasteiger partial charge is 0.503 e. The van der Waals surface area contributed by atoms with Crippen LogP contribution in [-0.2, 0) is 9.59 Å². The maximum absolute atomic E-state index is 12.5. The lowest BCUT2D eigenvalue weighted by molar-refractivity contribution is -0.127. The number of hydrogen-bond acceptors (Lipinski definition) is 4. The van der Waals surface area contributed by atoms with E-state index < -0.39 is 11.7 Å². The molecular weight excluding hydrogens is 330 g/mol. The lowest BCUT2D eigenvalue weighted by Gasteiger charge is -2.29. The van der Waals surface area contributed by atoms with Gasteiger partial charge in [-0.2, -0.15) is 0 Å². The zero-order valence-corrected chi connectivity index (χ0v) is 15.2. The van der Waals surface area contributed by atoms with Gasteiger partial charge in [-0.1, -0.05) is 30.3 Å². The van der Waals surface area contributed by atoms with E-state index in [1.54, 1.807) is 7.05 Å². The molecule has 0 saturated heterocycles. The van der Waals surface area contributed by atoms with Gasteiger partial charge in [0.1, 0.15) is 0 Å². The molecular formula is C20H27N3O3. The normalized spacial score (nSPS) is 23.4. The van der Waals surface area contributed by atoms with Crippen LogP contribution in [0.1, 0.15) is 37.2 Å². The fourth-order valence-corrected chi connectivity index (χ4v) is 3.79. The van der Waals surface area contributed by atoms with Crippen molar-refractivity contribution < 1.29 is 14.7 Å². The second kappa shape index (κ2) is 8.36. The van der Waals surface area contributed by atoms with Crippen LogP contribution in [0.25, 0.3) is 0 Å². The number of carbonyl (C=O) groups is 2. The SMILES string of the molecule is CNCCN1CC(C(=O)N[C@H]2CC[C@@H](c3ccccc3)CC2)=C(O)C1=O. The van der Waals surface area contributed by atoms with Crippen LogP contribution in [0.15, 0.2) is 41.7 Å². The predicted molar refractivity (Wildman–Crippen MR) is 99.7 cm³/mol. The molecule has 0 radical (unpaired) electrons. The first-order chi connectivity index (χ1) is 12.6. The second-order valence-electron chi connectivity index (χ2n) is 7.09. The Morgan fingerprint density at radius 2 is 1.88 bits per heavy atom. The molecule has 1 aromatic rings. The molecule has 140 valence electrons. The molecule has 6 nitrogen and oxygen atoms in total. The van der Waals surface area contributed by atoms with Crippen molar-refractivity contribution in [3.63, 3.8) is 0 Å². The van der Waals surface area contributed by atoms with Gasteiger partial charge in [-0.3, -0.25) is 9.59 Å². The summed E-state index contributed by atoms with van der Waals surface area (Å²) in [5.41, 5.74) is 1.55. The summed E-state index contributed by atoms with van der Waals surface area (Å²) in [4.78, 5) is 26.0. The number of nitrogens with one attached hydrogen (secondary N) is 2. The molecule has 1 aromatic carbocycles. The molecule has 0 atom stereocenters. The van der Waals surface area contributed by atoms with Gasteiger partial charge >= 0.3 is 0 Å². The zero-order chi connectivity index (χ0) is 18.5. The molecule has 26 heavy (non-hydrogen) atoms. The summed E-state index contributed by atoms with van der Waals surface area (Å²) >= 11 is 0. The lowest BCUT2D eigenvalue weighted by Crippen LogP contribution is -2.39. The van der Waals surface area contributed by atoms with Crippen molar-refractivity contribution in [1.82, 2.24) is 15.5 Å². The molecule has 0 aromatic heterocycles. The van der Waals surface area contributed by atoms with Gasteiger partial charge in [0.25, 0.3) is 11.8 Å². The van der Waals surface area contributed by atoms with Gasteiger partial charge in [0.2, 0.25) is 0 Å². The van der Waals surface area contributed by atoms with Crippen LogP contribution < -0.4 is 10.6 Å². The molecule has 2 aliphatic rings. The third-order valence-corrected chi connectivity index (χ3v) is 5.36. The summed E-state index contributed by atoms with van der Waals surface area (Å²) in [7, 11) is 1.80. The summed E-state index contributed by atoms with van der Waals surface area (Å²) in [6.07, 6.45) is 3.90. The maximum atomic E-state index is 12.5. The van der Waals surface area contributed by atoms with Crippen molar-refractivity contribution in [2.24, 2.45) is 0 Å². The van der Waals surface area contributed by atoms with Crippen molar-refractivity contribution >= 4 is 11.8 Å². The average Bonchev–Trinajstić information content (AvgIpc) is 2.96. The highest BCUT2D eigenvalue weighted by molar-refractivity contribution is 6.07. The number of nitrogens with zero attached hydrogens (tertiary/aromatic N) is 1. The summed E-state index contributed by atoms with van der Waals surface area (Å²) in [5, 5.41) is 16.0. The quantitative estimate of drug-likeness (QED) is 0.724. The van der Waals surface area contributed by atoms with E-state index in [4.69, 9.17) is 0 Å². The lowest BCUT2D eigenvalue weighted by atomic mass is 9.82. The first kappa shape index (κ1) is 18.5. The van der Waals surface area contributed by atoms with E-state index in [2.05, 4.69) is 34.9 Å². The Bertz CT molecular complexity index is 679. The van der Waals surface area contributed by atoms with Crippen LogP contribution in [0.3, 0.4) is 0 Å². The van der Waals surface area contributed by atoms with E-state index in [-0.39, 0.29) is 24.1 Å². The third-order valence-electron chi connectivity index (χ3n) is 5.36. The average molecular weight is 357 g/mol. The van der Waals surface area contributed by atoms with Gasteiger partial charge in [-0.05, 0) is 44.2 Å². The van der Waals surface area contributed by atoms with E-state index in [9.17, 15) is 14.7 Å². The predicted octanol–water partition coefficient (Wildman–Crippen LogP) is 1.70. The van der Waals surface area contributed by atoms with E-state index in [1.807, 2.05) is 6.07 Å².